The third-order valence-electron chi connectivity index (χ3n) is 3.75. The predicted octanol–water partition coefficient (Wildman–Crippen LogP) is 6.06. The third-order valence-corrected chi connectivity index (χ3v) is 6.19. The lowest BCUT2D eigenvalue weighted by molar-refractivity contribution is 0.546. The SMILES string of the molecule is Cc1ccccc1C(CBr)(CBr)Cc1ccc(F)c(Cl)c1. The van der Waals surface area contributed by atoms with Gasteiger partial charge in [0.2, 0.25) is 0 Å². The molecule has 112 valence electrons. The molecular weight excluding hydrogens is 418 g/mol. The van der Waals surface area contributed by atoms with Crippen LogP contribution in [0.5, 0.6) is 0 Å². The van der Waals surface area contributed by atoms with E-state index in [0.29, 0.717) is 0 Å². The van der Waals surface area contributed by atoms with Crippen LogP contribution >= 0.6 is 43.5 Å². The van der Waals surface area contributed by atoms with Crippen LogP contribution in [-0.4, -0.2) is 10.7 Å². The Morgan fingerprint density at radius 2 is 1.76 bits per heavy atom. The van der Waals surface area contributed by atoms with Crippen molar-refractivity contribution in [3.8, 4) is 0 Å². The van der Waals surface area contributed by atoms with Crippen LogP contribution in [0.2, 0.25) is 5.02 Å². The number of aryl methyl sites for hydroxylation is 1. The molecule has 0 fully saturated rings. The normalized spacial score (nSPS) is 11.7. The fourth-order valence-electron chi connectivity index (χ4n) is 2.58. The van der Waals surface area contributed by atoms with Crippen molar-refractivity contribution >= 4 is 43.5 Å². The molecule has 0 spiro atoms. The highest BCUT2D eigenvalue weighted by Crippen LogP contribution is 2.35. The molecule has 2 rings (SSSR count). The zero-order valence-electron chi connectivity index (χ0n) is 11.7. The van der Waals surface area contributed by atoms with Gasteiger partial charge in [-0.1, -0.05) is 73.8 Å². The first kappa shape index (κ1) is 17.0. The van der Waals surface area contributed by atoms with Gasteiger partial charge in [-0.3, -0.25) is 0 Å². The summed E-state index contributed by atoms with van der Waals surface area (Å²) in [7, 11) is 0. The van der Waals surface area contributed by atoms with E-state index in [2.05, 4.69) is 57.0 Å². The van der Waals surface area contributed by atoms with Crippen molar-refractivity contribution < 1.29 is 4.39 Å². The minimum atomic E-state index is -0.375. The second kappa shape index (κ2) is 7.26. The molecule has 0 bridgehead atoms. The molecule has 0 nitrogen and oxygen atoms in total. The summed E-state index contributed by atoms with van der Waals surface area (Å²) < 4.78 is 13.3. The predicted molar refractivity (Wildman–Crippen MR) is 95.6 cm³/mol. The van der Waals surface area contributed by atoms with Crippen LogP contribution in [0.4, 0.5) is 4.39 Å². The minimum absolute atomic E-state index is 0.0908. The topological polar surface area (TPSA) is 0 Å². The van der Waals surface area contributed by atoms with Gasteiger partial charge in [-0.25, -0.2) is 4.39 Å². The molecule has 0 aliphatic rings. The summed E-state index contributed by atoms with van der Waals surface area (Å²) in [4.78, 5) is 0. The highest BCUT2D eigenvalue weighted by Gasteiger charge is 2.31. The zero-order valence-corrected chi connectivity index (χ0v) is 15.6. The van der Waals surface area contributed by atoms with E-state index in [1.807, 2.05) is 6.07 Å². The van der Waals surface area contributed by atoms with Crippen molar-refractivity contribution in [1.29, 1.82) is 0 Å². The van der Waals surface area contributed by atoms with Gasteiger partial charge in [0.25, 0.3) is 0 Å². The largest absolute Gasteiger partial charge is 0.205 e. The van der Waals surface area contributed by atoms with Gasteiger partial charge in [-0.2, -0.15) is 0 Å². The molecule has 0 unspecified atom stereocenters. The standard InChI is InChI=1S/C17H16Br2ClF/c1-12-4-2-3-5-14(12)17(10-18,11-19)9-13-6-7-16(21)15(20)8-13/h2-8H,9-11H2,1H3. The Morgan fingerprint density at radius 1 is 1.10 bits per heavy atom. The van der Waals surface area contributed by atoms with Crippen LogP contribution in [0.15, 0.2) is 42.5 Å². The molecule has 0 heterocycles. The first-order valence-corrected chi connectivity index (χ1v) is 9.26. The van der Waals surface area contributed by atoms with E-state index in [9.17, 15) is 4.39 Å². The third kappa shape index (κ3) is 3.69. The number of halogens is 4. The molecule has 0 N–H and O–H groups in total. The second-order valence-corrected chi connectivity index (χ2v) is 6.82. The fraction of sp³-hybridized carbons (Fsp3) is 0.294. The van der Waals surface area contributed by atoms with Gasteiger partial charge in [-0.15, -0.1) is 0 Å². The zero-order chi connectivity index (χ0) is 15.5. The molecule has 21 heavy (non-hydrogen) atoms. The van der Waals surface area contributed by atoms with E-state index in [-0.39, 0.29) is 16.3 Å². The Bertz CT molecular complexity index is 624. The van der Waals surface area contributed by atoms with Crippen LogP contribution in [0.25, 0.3) is 0 Å². The van der Waals surface area contributed by atoms with Crippen LogP contribution < -0.4 is 0 Å². The molecule has 2 aromatic rings. The van der Waals surface area contributed by atoms with Crippen LogP contribution in [0.3, 0.4) is 0 Å². The second-order valence-electron chi connectivity index (χ2n) is 5.29. The van der Waals surface area contributed by atoms with E-state index in [1.165, 1.54) is 17.2 Å². The average Bonchev–Trinajstić information content (AvgIpc) is 2.49. The van der Waals surface area contributed by atoms with E-state index in [1.54, 1.807) is 12.1 Å². The van der Waals surface area contributed by atoms with Gasteiger partial charge < -0.3 is 0 Å². The molecule has 0 atom stereocenters. The molecule has 0 saturated heterocycles. The summed E-state index contributed by atoms with van der Waals surface area (Å²) in [5.41, 5.74) is 3.49. The summed E-state index contributed by atoms with van der Waals surface area (Å²) in [5, 5.41) is 1.80. The minimum Gasteiger partial charge on any atom is -0.205 e. The molecule has 0 saturated carbocycles. The molecule has 0 aliphatic heterocycles. The molecular formula is C17H16Br2ClF. The maximum absolute atomic E-state index is 13.3. The van der Waals surface area contributed by atoms with Crippen LogP contribution in [-0.2, 0) is 11.8 Å². The first-order valence-electron chi connectivity index (χ1n) is 6.64. The highest BCUT2D eigenvalue weighted by molar-refractivity contribution is 9.09. The Balaban J connectivity index is 2.43. The number of hydrogen-bond donors (Lipinski definition) is 0. The van der Waals surface area contributed by atoms with Gasteiger partial charge in [-0.05, 0) is 42.2 Å². The summed E-state index contributed by atoms with van der Waals surface area (Å²) in [6.07, 6.45) is 0.786. The smallest absolute Gasteiger partial charge is 0.141 e. The molecule has 2 aromatic carbocycles. The highest BCUT2D eigenvalue weighted by atomic mass is 79.9. The molecule has 4 heteroatoms. The van der Waals surface area contributed by atoms with Crippen molar-refractivity contribution in [2.45, 2.75) is 18.8 Å². The maximum atomic E-state index is 13.3. The molecule has 0 aromatic heterocycles. The molecule has 0 aliphatic carbocycles. The van der Waals surface area contributed by atoms with Crippen molar-refractivity contribution in [2.75, 3.05) is 10.7 Å². The Kier molecular flexibility index (Phi) is 5.87. The van der Waals surface area contributed by atoms with Crippen LogP contribution in [0.1, 0.15) is 16.7 Å². The van der Waals surface area contributed by atoms with E-state index >= 15 is 0 Å². The number of benzene rings is 2. The maximum Gasteiger partial charge on any atom is 0.141 e. The van der Waals surface area contributed by atoms with Gasteiger partial charge in [0, 0.05) is 16.1 Å². The Labute approximate surface area is 147 Å². The van der Waals surface area contributed by atoms with Crippen molar-refractivity contribution in [3.05, 3.63) is 70.0 Å². The lowest BCUT2D eigenvalue weighted by Gasteiger charge is -2.32. The monoisotopic (exact) mass is 432 g/mol. The van der Waals surface area contributed by atoms with Gasteiger partial charge in [0.1, 0.15) is 5.82 Å². The Hall–Kier alpha value is -0.380. The molecule has 0 amide bonds. The van der Waals surface area contributed by atoms with Gasteiger partial charge in [0.05, 0.1) is 5.02 Å². The lowest BCUT2D eigenvalue weighted by atomic mass is 9.77. The number of alkyl halides is 2. The van der Waals surface area contributed by atoms with E-state index in [4.69, 9.17) is 11.6 Å². The summed E-state index contributed by atoms with van der Waals surface area (Å²) >= 11 is 13.2. The van der Waals surface area contributed by atoms with Crippen LogP contribution in [0, 0.1) is 12.7 Å². The fourth-order valence-corrected chi connectivity index (χ4v) is 4.71. The summed E-state index contributed by atoms with van der Waals surface area (Å²) in [6, 6.07) is 13.3. The number of hydrogen-bond acceptors (Lipinski definition) is 0. The van der Waals surface area contributed by atoms with Gasteiger partial charge >= 0.3 is 0 Å². The quantitative estimate of drug-likeness (QED) is 0.502. The lowest BCUT2D eigenvalue weighted by Crippen LogP contribution is -2.33. The number of rotatable bonds is 5. The van der Waals surface area contributed by atoms with Gasteiger partial charge in [0.15, 0.2) is 0 Å². The van der Waals surface area contributed by atoms with E-state index < -0.39 is 0 Å². The average molecular weight is 435 g/mol. The van der Waals surface area contributed by atoms with Crippen molar-refractivity contribution in [1.82, 2.24) is 0 Å². The molecule has 0 radical (unpaired) electrons. The van der Waals surface area contributed by atoms with Crippen molar-refractivity contribution in [2.24, 2.45) is 0 Å². The Morgan fingerprint density at radius 3 is 2.33 bits per heavy atom. The van der Waals surface area contributed by atoms with Crippen molar-refractivity contribution in [3.63, 3.8) is 0 Å². The first-order chi connectivity index (χ1) is 10.0. The summed E-state index contributed by atoms with van der Waals surface area (Å²) in [5.74, 6) is -0.375. The van der Waals surface area contributed by atoms with E-state index in [0.717, 1.165) is 22.6 Å². The summed E-state index contributed by atoms with van der Waals surface area (Å²) in [6.45, 7) is 2.12.